The third kappa shape index (κ3) is 5.21. The molecule has 0 N–H and O–H groups in total. The first-order valence-electron chi connectivity index (χ1n) is 7.97. The molecule has 2 nitrogen and oxygen atoms in total. The molecule has 25 heavy (non-hydrogen) atoms. The number of rotatable bonds is 7. The predicted molar refractivity (Wildman–Crippen MR) is 107 cm³/mol. The van der Waals surface area contributed by atoms with Crippen molar-refractivity contribution < 1.29 is 0 Å². The molecular formula is C21H20Cl2N2. The highest BCUT2D eigenvalue weighted by Crippen LogP contribution is 2.25. The van der Waals surface area contributed by atoms with Gasteiger partial charge in [-0.25, -0.2) is 0 Å². The van der Waals surface area contributed by atoms with Crippen LogP contribution < -0.4 is 0 Å². The average molecular weight is 371 g/mol. The zero-order valence-electron chi connectivity index (χ0n) is 14.1. The van der Waals surface area contributed by atoms with Crippen molar-refractivity contribution in [2.24, 2.45) is 0 Å². The fourth-order valence-electron chi connectivity index (χ4n) is 2.64. The molecule has 2 aromatic carbocycles. The summed E-state index contributed by atoms with van der Waals surface area (Å²) in [5.41, 5.74) is 3.14. The zero-order valence-corrected chi connectivity index (χ0v) is 15.6. The zero-order chi connectivity index (χ0) is 18.2. The maximum absolute atomic E-state index is 9.59. The van der Waals surface area contributed by atoms with Gasteiger partial charge in [-0.15, -0.1) is 6.58 Å². The molecule has 1 unspecified atom stereocenters. The van der Waals surface area contributed by atoms with Crippen molar-refractivity contribution in [3.8, 4) is 6.07 Å². The highest BCUT2D eigenvalue weighted by atomic mass is 35.5. The Kier molecular flexibility index (Phi) is 7.28. The fraction of sp³-hybridized carbons (Fsp3) is 0.190. The van der Waals surface area contributed by atoms with Crippen LogP contribution in [0.3, 0.4) is 0 Å². The highest BCUT2D eigenvalue weighted by Gasteiger charge is 2.17. The van der Waals surface area contributed by atoms with Crippen molar-refractivity contribution in [1.29, 1.82) is 5.26 Å². The molecule has 0 heterocycles. The van der Waals surface area contributed by atoms with Crippen LogP contribution in [0.5, 0.6) is 0 Å². The molecule has 1 atom stereocenters. The van der Waals surface area contributed by atoms with Gasteiger partial charge < -0.3 is 0 Å². The largest absolute Gasteiger partial charge is 0.284 e. The number of nitrogens with zero attached hydrogens (tertiary/aromatic N) is 2. The molecule has 0 aromatic heterocycles. The summed E-state index contributed by atoms with van der Waals surface area (Å²) >= 11 is 12.0. The molecule has 0 aliphatic heterocycles. The molecule has 2 aromatic rings. The van der Waals surface area contributed by atoms with E-state index in [9.17, 15) is 5.26 Å². The molecule has 128 valence electrons. The van der Waals surface area contributed by atoms with Crippen molar-refractivity contribution >= 4 is 29.3 Å². The Hall–Kier alpha value is -2.05. The number of nitriles is 1. The van der Waals surface area contributed by atoms with Gasteiger partial charge >= 0.3 is 0 Å². The highest BCUT2D eigenvalue weighted by molar-refractivity contribution is 6.42. The molecule has 0 radical (unpaired) electrons. The van der Waals surface area contributed by atoms with E-state index in [1.807, 2.05) is 48.4 Å². The second-order valence-electron chi connectivity index (χ2n) is 5.74. The van der Waals surface area contributed by atoms with Gasteiger partial charge in [0.1, 0.15) is 6.04 Å². The Balaban J connectivity index is 2.20. The van der Waals surface area contributed by atoms with Crippen LogP contribution in [-0.4, -0.2) is 18.5 Å². The van der Waals surface area contributed by atoms with E-state index < -0.39 is 0 Å². The maximum atomic E-state index is 9.59. The number of hydrogen-bond acceptors (Lipinski definition) is 2. The van der Waals surface area contributed by atoms with Crippen LogP contribution in [0.4, 0.5) is 0 Å². The molecule has 0 bridgehead atoms. The summed E-state index contributed by atoms with van der Waals surface area (Å²) in [6.07, 6.45) is 6.61. The standard InChI is InChI=1S/C21H20Cl2N2/c1-3-13-25(2)21(15-24)18-10-5-4-8-17(18)9-6-7-16-11-12-19(22)20(23)14-16/h3-8,10-12,14,21H,1,9,13H2,2H3. The summed E-state index contributed by atoms with van der Waals surface area (Å²) in [5.74, 6) is 0. The minimum Gasteiger partial charge on any atom is -0.284 e. The van der Waals surface area contributed by atoms with Gasteiger partial charge in [0.05, 0.1) is 16.1 Å². The van der Waals surface area contributed by atoms with Gasteiger partial charge in [0.15, 0.2) is 0 Å². The third-order valence-electron chi connectivity index (χ3n) is 3.92. The lowest BCUT2D eigenvalue weighted by atomic mass is 9.97. The Morgan fingerprint density at radius 1 is 1.20 bits per heavy atom. The van der Waals surface area contributed by atoms with Crippen molar-refractivity contribution in [3.05, 3.63) is 87.9 Å². The van der Waals surface area contributed by atoms with Crippen molar-refractivity contribution in [2.75, 3.05) is 13.6 Å². The molecule has 0 saturated carbocycles. The van der Waals surface area contributed by atoms with Crippen LogP contribution in [0.25, 0.3) is 6.08 Å². The second kappa shape index (κ2) is 9.44. The van der Waals surface area contributed by atoms with E-state index >= 15 is 0 Å². The molecule has 0 spiro atoms. The summed E-state index contributed by atoms with van der Waals surface area (Å²) in [6, 6.07) is 15.7. The Morgan fingerprint density at radius 2 is 1.96 bits per heavy atom. The van der Waals surface area contributed by atoms with Crippen molar-refractivity contribution in [2.45, 2.75) is 12.5 Å². The van der Waals surface area contributed by atoms with E-state index in [4.69, 9.17) is 23.2 Å². The minimum atomic E-state index is -0.299. The normalized spacial score (nSPS) is 12.3. The summed E-state index contributed by atoms with van der Waals surface area (Å²) in [7, 11) is 1.93. The van der Waals surface area contributed by atoms with Crippen LogP contribution in [0.1, 0.15) is 22.7 Å². The van der Waals surface area contributed by atoms with Gasteiger partial charge in [0.2, 0.25) is 0 Å². The second-order valence-corrected chi connectivity index (χ2v) is 6.55. The topological polar surface area (TPSA) is 27.0 Å². The number of halogens is 2. The number of allylic oxidation sites excluding steroid dienone is 1. The lowest BCUT2D eigenvalue weighted by Crippen LogP contribution is -2.24. The van der Waals surface area contributed by atoms with Crippen LogP contribution >= 0.6 is 23.2 Å². The van der Waals surface area contributed by atoms with E-state index in [1.165, 1.54) is 0 Å². The van der Waals surface area contributed by atoms with E-state index in [2.05, 4.69) is 24.8 Å². The molecule has 0 aliphatic rings. The predicted octanol–water partition coefficient (Wildman–Crippen LogP) is 5.93. The lowest BCUT2D eigenvalue weighted by molar-refractivity contribution is 0.322. The van der Waals surface area contributed by atoms with E-state index in [1.54, 1.807) is 12.1 Å². The number of benzene rings is 2. The van der Waals surface area contributed by atoms with Gasteiger partial charge in [-0.2, -0.15) is 5.26 Å². The van der Waals surface area contributed by atoms with Gasteiger partial charge in [-0.3, -0.25) is 4.90 Å². The first kappa shape index (κ1) is 19.3. The first-order valence-corrected chi connectivity index (χ1v) is 8.72. The van der Waals surface area contributed by atoms with Crippen molar-refractivity contribution in [1.82, 2.24) is 4.90 Å². The fourth-order valence-corrected chi connectivity index (χ4v) is 2.95. The Morgan fingerprint density at radius 3 is 2.64 bits per heavy atom. The molecular weight excluding hydrogens is 351 g/mol. The average Bonchev–Trinajstić information content (AvgIpc) is 2.60. The summed E-state index contributed by atoms with van der Waals surface area (Å²) in [4.78, 5) is 1.98. The van der Waals surface area contributed by atoms with Crippen LogP contribution in [0.2, 0.25) is 10.0 Å². The van der Waals surface area contributed by atoms with E-state index in [-0.39, 0.29) is 6.04 Å². The number of hydrogen-bond donors (Lipinski definition) is 0. The molecule has 2 rings (SSSR count). The summed E-state index contributed by atoms with van der Waals surface area (Å²) in [5, 5.41) is 10.7. The van der Waals surface area contributed by atoms with Gasteiger partial charge in [-0.05, 0) is 42.3 Å². The van der Waals surface area contributed by atoms with Gasteiger partial charge in [-0.1, -0.05) is 71.8 Å². The monoisotopic (exact) mass is 370 g/mol. The Bertz CT molecular complexity index is 806. The molecule has 0 fully saturated rings. The van der Waals surface area contributed by atoms with Gasteiger partial charge in [0, 0.05) is 6.54 Å². The van der Waals surface area contributed by atoms with E-state index in [0.29, 0.717) is 16.6 Å². The number of likely N-dealkylation sites (N-methyl/N-ethyl adjacent to an activating group) is 1. The first-order chi connectivity index (χ1) is 12.1. The minimum absolute atomic E-state index is 0.299. The molecule has 0 aliphatic carbocycles. The smallest absolute Gasteiger partial charge is 0.124 e. The van der Waals surface area contributed by atoms with Crippen LogP contribution in [-0.2, 0) is 6.42 Å². The maximum Gasteiger partial charge on any atom is 0.124 e. The SMILES string of the molecule is C=CCN(C)C(C#N)c1ccccc1CC=Cc1ccc(Cl)c(Cl)c1. The summed E-state index contributed by atoms with van der Waals surface area (Å²) in [6.45, 7) is 4.41. The quantitative estimate of drug-likeness (QED) is 0.564. The molecule has 4 heteroatoms. The van der Waals surface area contributed by atoms with Crippen LogP contribution in [0.15, 0.2) is 61.2 Å². The van der Waals surface area contributed by atoms with Crippen molar-refractivity contribution in [3.63, 3.8) is 0 Å². The lowest BCUT2D eigenvalue weighted by Gasteiger charge is -2.23. The van der Waals surface area contributed by atoms with Gasteiger partial charge in [0.25, 0.3) is 0 Å². The Labute approximate surface area is 159 Å². The molecule has 0 saturated heterocycles. The van der Waals surface area contributed by atoms with Crippen LogP contribution in [0, 0.1) is 11.3 Å². The molecule has 0 amide bonds. The summed E-state index contributed by atoms with van der Waals surface area (Å²) < 4.78 is 0. The van der Waals surface area contributed by atoms with E-state index in [0.717, 1.165) is 23.1 Å². The third-order valence-corrected chi connectivity index (χ3v) is 4.66.